The van der Waals surface area contributed by atoms with Gasteiger partial charge in [-0.2, -0.15) is 23.4 Å². The number of hydrogen-bond donors (Lipinski definition) is 1. The zero-order chi connectivity index (χ0) is 14.2. The fraction of sp³-hybridized carbons (Fsp3) is 0.455. The summed E-state index contributed by atoms with van der Waals surface area (Å²) in [5.74, 6) is 0.692. The second-order valence-corrected chi connectivity index (χ2v) is 4.33. The van der Waals surface area contributed by atoms with E-state index in [4.69, 9.17) is 0 Å². The minimum absolute atomic E-state index is 0. The Morgan fingerprint density at radius 1 is 1.30 bits per heavy atom. The second-order valence-electron chi connectivity index (χ2n) is 4.33. The van der Waals surface area contributed by atoms with Gasteiger partial charge in [-0.3, -0.25) is 9.36 Å². The number of halogens is 4. The second kappa shape index (κ2) is 5.74. The molecule has 2 heterocycles. The molecular formula is C11H15ClF3N5. The predicted molar refractivity (Wildman–Crippen MR) is 70.7 cm³/mol. The molecule has 0 atom stereocenters. The van der Waals surface area contributed by atoms with Crippen molar-refractivity contribution in [3.05, 3.63) is 29.2 Å². The molecular weight excluding hydrogens is 295 g/mol. The summed E-state index contributed by atoms with van der Waals surface area (Å²) in [6.07, 6.45) is -1.43. The van der Waals surface area contributed by atoms with Crippen LogP contribution in [0, 0.1) is 6.92 Å². The lowest BCUT2D eigenvalue weighted by atomic mass is 10.2. The molecule has 0 fully saturated rings. The van der Waals surface area contributed by atoms with Gasteiger partial charge in [0.25, 0.3) is 0 Å². The first-order valence-electron chi connectivity index (χ1n) is 5.61. The largest absolute Gasteiger partial charge is 0.435 e. The van der Waals surface area contributed by atoms with Gasteiger partial charge in [0.1, 0.15) is 5.82 Å². The summed E-state index contributed by atoms with van der Waals surface area (Å²) in [7, 11) is 3.19. The van der Waals surface area contributed by atoms with Crippen molar-refractivity contribution < 1.29 is 13.2 Å². The van der Waals surface area contributed by atoms with Gasteiger partial charge in [-0.25, -0.2) is 0 Å². The lowest BCUT2D eigenvalue weighted by Crippen LogP contribution is -2.12. The molecule has 0 saturated heterocycles. The molecule has 0 bridgehead atoms. The Balaban J connectivity index is 0.00000200. The molecule has 0 aliphatic rings. The molecule has 0 unspecified atom stereocenters. The topological polar surface area (TPSA) is 47.7 Å². The van der Waals surface area contributed by atoms with Gasteiger partial charge in [-0.1, -0.05) is 0 Å². The summed E-state index contributed by atoms with van der Waals surface area (Å²) in [4.78, 5) is 0. The van der Waals surface area contributed by atoms with Crippen molar-refractivity contribution in [2.24, 2.45) is 14.1 Å². The molecule has 0 spiro atoms. The lowest BCUT2D eigenvalue weighted by molar-refractivity contribution is -0.142. The van der Waals surface area contributed by atoms with Crippen LogP contribution >= 0.6 is 12.4 Å². The van der Waals surface area contributed by atoms with Crippen LogP contribution in [-0.4, -0.2) is 19.6 Å². The van der Waals surface area contributed by atoms with Crippen LogP contribution in [0.25, 0.3) is 0 Å². The van der Waals surface area contributed by atoms with Gasteiger partial charge >= 0.3 is 6.18 Å². The van der Waals surface area contributed by atoms with Crippen LogP contribution in [0.1, 0.15) is 16.8 Å². The van der Waals surface area contributed by atoms with Crippen LogP contribution in [0.3, 0.4) is 0 Å². The highest BCUT2D eigenvalue weighted by Crippen LogP contribution is 2.30. The van der Waals surface area contributed by atoms with Gasteiger partial charge in [0, 0.05) is 38.0 Å². The van der Waals surface area contributed by atoms with Gasteiger partial charge in [-0.15, -0.1) is 12.4 Å². The van der Waals surface area contributed by atoms with E-state index in [9.17, 15) is 13.2 Å². The maximum atomic E-state index is 12.8. The van der Waals surface area contributed by atoms with Gasteiger partial charge in [0.15, 0.2) is 5.69 Å². The molecule has 2 rings (SSSR count). The van der Waals surface area contributed by atoms with E-state index in [-0.39, 0.29) is 24.5 Å². The fourth-order valence-electron chi connectivity index (χ4n) is 1.89. The number of hydrogen-bond acceptors (Lipinski definition) is 3. The van der Waals surface area contributed by atoms with Gasteiger partial charge in [0.05, 0.1) is 6.20 Å². The molecule has 0 saturated carbocycles. The van der Waals surface area contributed by atoms with Crippen LogP contribution < -0.4 is 5.32 Å². The molecule has 0 aliphatic carbocycles. The van der Waals surface area contributed by atoms with E-state index in [0.717, 1.165) is 10.2 Å². The number of nitrogens with one attached hydrogen (secondary N) is 1. The van der Waals surface area contributed by atoms with E-state index in [0.29, 0.717) is 5.82 Å². The molecule has 5 nitrogen and oxygen atoms in total. The first kappa shape index (κ1) is 16.4. The first-order valence-corrected chi connectivity index (χ1v) is 5.61. The smallest absolute Gasteiger partial charge is 0.366 e. The monoisotopic (exact) mass is 309 g/mol. The van der Waals surface area contributed by atoms with Crippen molar-refractivity contribution in [2.45, 2.75) is 19.6 Å². The highest BCUT2D eigenvalue weighted by molar-refractivity contribution is 5.85. The number of aryl methyl sites for hydroxylation is 3. The van der Waals surface area contributed by atoms with E-state index in [2.05, 4.69) is 15.5 Å². The molecule has 0 amide bonds. The van der Waals surface area contributed by atoms with Gasteiger partial charge in [0.2, 0.25) is 0 Å². The molecule has 112 valence electrons. The first-order chi connectivity index (χ1) is 8.79. The van der Waals surface area contributed by atoms with E-state index < -0.39 is 11.9 Å². The molecule has 0 aromatic carbocycles. The van der Waals surface area contributed by atoms with Crippen LogP contribution in [0.5, 0.6) is 0 Å². The Kier molecular flexibility index (Phi) is 4.69. The molecule has 20 heavy (non-hydrogen) atoms. The third kappa shape index (κ3) is 3.24. The van der Waals surface area contributed by atoms with Crippen LogP contribution in [-0.2, 0) is 26.8 Å². The minimum atomic E-state index is -4.44. The van der Waals surface area contributed by atoms with E-state index in [1.165, 1.54) is 13.2 Å². The SMILES string of the molecule is Cc1cnn(C)c1NCc1cn(C)nc1C(F)(F)F.Cl. The molecule has 2 aromatic rings. The Morgan fingerprint density at radius 3 is 2.45 bits per heavy atom. The fourth-order valence-corrected chi connectivity index (χ4v) is 1.89. The predicted octanol–water partition coefficient (Wildman–Crippen LogP) is 2.51. The summed E-state index contributed by atoms with van der Waals surface area (Å²) in [6.45, 7) is 1.88. The lowest BCUT2D eigenvalue weighted by Gasteiger charge is -2.09. The number of nitrogens with zero attached hydrogens (tertiary/aromatic N) is 4. The van der Waals surface area contributed by atoms with E-state index in [1.54, 1.807) is 17.9 Å². The summed E-state index contributed by atoms with van der Waals surface area (Å²) < 4.78 is 41.0. The number of alkyl halides is 3. The third-order valence-electron chi connectivity index (χ3n) is 2.74. The zero-order valence-corrected chi connectivity index (χ0v) is 12.0. The van der Waals surface area contributed by atoms with Crippen molar-refractivity contribution >= 4 is 18.2 Å². The zero-order valence-electron chi connectivity index (χ0n) is 11.2. The van der Waals surface area contributed by atoms with Crippen molar-refractivity contribution in [2.75, 3.05) is 5.32 Å². The Hall–Kier alpha value is -1.70. The Bertz CT molecular complexity index is 568. The molecule has 1 N–H and O–H groups in total. The normalized spacial score (nSPS) is 11.3. The maximum Gasteiger partial charge on any atom is 0.435 e. The van der Waals surface area contributed by atoms with Crippen LogP contribution in [0.2, 0.25) is 0 Å². The minimum Gasteiger partial charge on any atom is -0.366 e. The maximum absolute atomic E-state index is 12.8. The summed E-state index contributed by atoms with van der Waals surface area (Å²) >= 11 is 0. The highest BCUT2D eigenvalue weighted by atomic mass is 35.5. The average Bonchev–Trinajstić information content (AvgIpc) is 2.80. The summed E-state index contributed by atoms with van der Waals surface area (Å²) in [5.41, 5.74) is 0.123. The van der Waals surface area contributed by atoms with Crippen molar-refractivity contribution in [1.29, 1.82) is 0 Å². The highest BCUT2D eigenvalue weighted by Gasteiger charge is 2.36. The van der Waals surface area contributed by atoms with Crippen LogP contribution in [0.15, 0.2) is 12.4 Å². The van der Waals surface area contributed by atoms with E-state index in [1.807, 2.05) is 6.92 Å². The summed E-state index contributed by atoms with van der Waals surface area (Å²) in [5, 5.41) is 10.4. The Morgan fingerprint density at radius 2 is 1.95 bits per heavy atom. The average molecular weight is 310 g/mol. The number of rotatable bonds is 3. The standard InChI is InChI=1S/C11H14F3N5.ClH/c1-7-4-16-19(3)10(7)15-5-8-6-18(2)17-9(8)11(12,13)14;/h4,6,15H,5H2,1-3H3;1H. The molecule has 2 aromatic heterocycles. The number of anilines is 1. The molecule has 0 aliphatic heterocycles. The van der Waals surface area contributed by atoms with Crippen molar-refractivity contribution in [3.63, 3.8) is 0 Å². The molecule has 9 heteroatoms. The van der Waals surface area contributed by atoms with Crippen molar-refractivity contribution in [3.8, 4) is 0 Å². The summed E-state index contributed by atoms with van der Waals surface area (Å²) in [6, 6.07) is 0. The van der Waals surface area contributed by atoms with Gasteiger partial charge in [-0.05, 0) is 6.92 Å². The Labute approximate surface area is 120 Å². The van der Waals surface area contributed by atoms with E-state index >= 15 is 0 Å². The quantitative estimate of drug-likeness (QED) is 0.947. The molecule has 0 radical (unpaired) electrons. The van der Waals surface area contributed by atoms with Gasteiger partial charge < -0.3 is 5.32 Å². The third-order valence-corrected chi connectivity index (χ3v) is 2.74. The van der Waals surface area contributed by atoms with Crippen LogP contribution in [0.4, 0.5) is 19.0 Å². The van der Waals surface area contributed by atoms with Crippen molar-refractivity contribution in [1.82, 2.24) is 19.6 Å². The number of aromatic nitrogens is 4.